The highest BCUT2D eigenvalue weighted by Crippen LogP contribution is 2.48. The van der Waals surface area contributed by atoms with Crippen LogP contribution < -0.4 is 10.6 Å². The maximum absolute atomic E-state index is 13.5. The van der Waals surface area contributed by atoms with E-state index < -0.39 is 5.92 Å². The number of nitrogens with zero attached hydrogens (tertiary/aromatic N) is 1. The number of anilines is 1. The molecule has 0 saturated heterocycles. The molecular formula is C24H22BrCl2N3O2. The Morgan fingerprint density at radius 3 is 2.62 bits per heavy atom. The second-order valence-corrected chi connectivity index (χ2v) is 10.7. The van der Waals surface area contributed by atoms with Crippen molar-refractivity contribution >= 4 is 56.6 Å². The average Bonchev–Trinajstić information content (AvgIpc) is 2.67. The molecule has 1 aliphatic carbocycles. The van der Waals surface area contributed by atoms with E-state index in [9.17, 15) is 9.59 Å². The topological polar surface area (TPSA) is 71.1 Å². The first-order valence-electron chi connectivity index (χ1n) is 10.2. The van der Waals surface area contributed by atoms with Gasteiger partial charge in [0.05, 0.1) is 0 Å². The van der Waals surface area contributed by atoms with Crippen LogP contribution in [0, 0.1) is 5.41 Å². The lowest BCUT2D eigenvalue weighted by atomic mass is 9.68. The van der Waals surface area contributed by atoms with Crippen LogP contribution in [0.2, 0.25) is 10.0 Å². The van der Waals surface area contributed by atoms with E-state index >= 15 is 0 Å². The van der Waals surface area contributed by atoms with Crippen LogP contribution in [0.25, 0.3) is 0 Å². The molecule has 5 nitrogen and oxygen atoms in total. The third-order valence-electron chi connectivity index (χ3n) is 5.73. The lowest BCUT2D eigenvalue weighted by Gasteiger charge is -2.39. The number of hydrogen-bond donors (Lipinski definition) is 2. The number of rotatable bonds is 3. The average molecular weight is 535 g/mol. The summed E-state index contributed by atoms with van der Waals surface area (Å²) in [5.74, 6) is -0.519. The number of benzene rings is 1. The first-order valence-corrected chi connectivity index (χ1v) is 11.7. The molecule has 0 fully saturated rings. The Bertz CT molecular complexity index is 1190. The predicted octanol–water partition coefficient (Wildman–Crippen LogP) is 6.39. The Morgan fingerprint density at radius 2 is 1.97 bits per heavy atom. The van der Waals surface area contributed by atoms with Crippen molar-refractivity contribution in [3.8, 4) is 0 Å². The fourth-order valence-electron chi connectivity index (χ4n) is 4.42. The zero-order valence-corrected chi connectivity index (χ0v) is 21.0. The van der Waals surface area contributed by atoms with Gasteiger partial charge in [-0.3, -0.25) is 9.59 Å². The minimum atomic E-state index is -0.602. The number of allylic oxidation sites excluding steroid dienone is 3. The van der Waals surface area contributed by atoms with E-state index in [0.717, 1.165) is 10.2 Å². The van der Waals surface area contributed by atoms with Crippen LogP contribution in [-0.2, 0) is 9.59 Å². The number of Topliss-reactive ketones (excluding diaryl/α,β-unsaturated/α-hetero) is 1. The van der Waals surface area contributed by atoms with Gasteiger partial charge >= 0.3 is 0 Å². The minimum Gasteiger partial charge on any atom is -0.362 e. The van der Waals surface area contributed by atoms with Crippen molar-refractivity contribution in [3.05, 3.63) is 79.2 Å². The number of aromatic nitrogens is 1. The molecule has 1 aromatic heterocycles. The summed E-state index contributed by atoms with van der Waals surface area (Å²) in [5, 5.41) is 7.10. The van der Waals surface area contributed by atoms with Crippen LogP contribution >= 0.6 is 39.1 Å². The third kappa shape index (κ3) is 4.49. The van der Waals surface area contributed by atoms with Crippen LogP contribution in [0.1, 0.15) is 45.1 Å². The summed E-state index contributed by atoms with van der Waals surface area (Å²) >= 11 is 16.1. The smallest absolute Gasteiger partial charge is 0.255 e. The highest BCUT2D eigenvalue weighted by Gasteiger charge is 2.43. The standard InChI is InChI=1S/C24H22BrCl2N3O2/c1-12-20(23(32)30-19-7-4-13(25)11-28-19)21(15-6-5-14(26)8-16(15)27)22-17(29-12)9-24(2,3)10-18(22)31/h4-8,11,21,29H,9-10H2,1-3H3,(H,28,30,32)/t21-/m1/s1. The van der Waals surface area contributed by atoms with Crippen LogP contribution in [0.3, 0.4) is 0 Å². The number of hydrogen-bond acceptors (Lipinski definition) is 4. The lowest BCUT2D eigenvalue weighted by Crippen LogP contribution is -2.39. The molecule has 2 N–H and O–H groups in total. The molecule has 166 valence electrons. The van der Waals surface area contributed by atoms with Crippen molar-refractivity contribution in [2.24, 2.45) is 5.41 Å². The molecule has 0 radical (unpaired) electrons. The Balaban J connectivity index is 1.83. The second kappa shape index (κ2) is 8.65. The van der Waals surface area contributed by atoms with E-state index in [4.69, 9.17) is 23.2 Å². The molecule has 2 aromatic rings. The second-order valence-electron chi connectivity index (χ2n) is 8.91. The Kier molecular flexibility index (Phi) is 6.23. The fourth-order valence-corrected chi connectivity index (χ4v) is 5.17. The van der Waals surface area contributed by atoms with Gasteiger partial charge < -0.3 is 10.6 Å². The van der Waals surface area contributed by atoms with Gasteiger partial charge in [0.2, 0.25) is 0 Å². The molecule has 1 atom stereocenters. The predicted molar refractivity (Wildman–Crippen MR) is 131 cm³/mol. The van der Waals surface area contributed by atoms with Crippen LogP contribution in [-0.4, -0.2) is 16.7 Å². The van der Waals surface area contributed by atoms with Crippen LogP contribution in [0.4, 0.5) is 5.82 Å². The number of amides is 1. The van der Waals surface area contributed by atoms with E-state index in [1.807, 2.05) is 6.92 Å². The molecule has 2 heterocycles. The van der Waals surface area contributed by atoms with Crippen molar-refractivity contribution < 1.29 is 9.59 Å². The highest BCUT2D eigenvalue weighted by atomic mass is 79.9. The van der Waals surface area contributed by atoms with Crippen molar-refractivity contribution in [1.82, 2.24) is 10.3 Å². The molecule has 2 aliphatic rings. The maximum atomic E-state index is 13.5. The monoisotopic (exact) mass is 533 g/mol. The maximum Gasteiger partial charge on any atom is 0.255 e. The van der Waals surface area contributed by atoms with E-state index in [1.54, 1.807) is 36.5 Å². The number of dihydropyridines is 1. The van der Waals surface area contributed by atoms with Gasteiger partial charge in [0.25, 0.3) is 5.91 Å². The van der Waals surface area contributed by atoms with Crippen LogP contribution in [0.5, 0.6) is 0 Å². The summed E-state index contributed by atoms with van der Waals surface area (Å²) in [4.78, 5) is 31.0. The van der Waals surface area contributed by atoms with E-state index in [1.165, 1.54) is 0 Å². The number of ketones is 1. The summed E-state index contributed by atoms with van der Waals surface area (Å²) in [6, 6.07) is 8.65. The normalized spacial score (nSPS) is 20.1. The Labute approximate surface area is 205 Å². The molecule has 0 bridgehead atoms. The van der Waals surface area contributed by atoms with Gasteiger partial charge in [0.15, 0.2) is 5.78 Å². The summed E-state index contributed by atoms with van der Waals surface area (Å²) in [7, 11) is 0. The summed E-state index contributed by atoms with van der Waals surface area (Å²) in [6.45, 7) is 5.98. The molecule has 0 spiro atoms. The number of halogens is 3. The van der Waals surface area contributed by atoms with Gasteiger partial charge in [-0.1, -0.05) is 43.1 Å². The van der Waals surface area contributed by atoms with Gasteiger partial charge in [-0.15, -0.1) is 0 Å². The first kappa shape index (κ1) is 23.0. The number of nitrogens with one attached hydrogen (secondary N) is 2. The van der Waals surface area contributed by atoms with Crippen molar-refractivity contribution in [3.63, 3.8) is 0 Å². The van der Waals surface area contributed by atoms with E-state index in [0.29, 0.717) is 51.1 Å². The zero-order chi connectivity index (χ0) is 23.2. The molecule has 32 heavy (non-hydrogen) atoms. The molecule has 0 saturated carbocycles. The summed E-state index contributed by atoms with van der Waals surface area (Å²) in [5.41, 5.74) is 3.06. The van der Waals surface area contributed by atoms with Gasteiger partial charge in [0, 0.05) is 55.6 Å². The molecule has 1 amide bonds. The van der Waals surface area contributed by atoms with Gasteiger partial charge in [0.1, 0.15) is 5.82 Å². The quantitative estimate of drug-likeness (QED) is 0.478. The SMILES string of the molecule is CC1=C(C(=O)Nc2ccc(Br)cn2)[C@@H](c2ccc(Cl)cc2Cl)C2=C(CC(C)(C)CC2=O)N1. The molecule has 1 aromatic carbocycles. The zero-order valence-electron chi connectivity index (χ0n) is 17.9. The molecule has 8 heteroatoms. The van der Waals surface area contributed by atoms with Crippen LogP contribution in [0.15, 0.2) is 63.5 Å². The molecule has 1 aliphatic heterocycles. The van der Waals surface area contributed by atoms with Gasteiger partial charge in [-0.2, -0.15) is 0 Å². The number of pyridine rings is 1. The minimum absolute atomic E-state index is 0.0133. The van der Waals surface area contributed by atoms with Gasteiger partial charge in [-0.25, -0.2) is 4.98 Å². The Morgan fingerprint density at radius 1 is 1.22 bits per heavy atom. The highest BCUT2D eigenvalue weighted by molar-refractivity contribution is 9.10. The van der Waals surface area contributed by atoms with E-state index in [-0.39, 0.29) is 17.1 Å². The van der Waals surface area contributed by atoms with Crippen molar-refractivity contribution in [1.29, 1.82) is 0 Å². The fraction of sp³-hybridized carbons (Fsp3) is 0.292. The number of carbonyl (C=O) groups is 2. The summed E-state index contributed by atoms with van der Waals surface area (Å²) < 4.78 is 0.807. The van der Waals surface area contributed by atoms with Crippen molar-refractivity contribution in [2.75, 3.05) is 5.32 Å². The van der Waals surface area contributed by atoms with Gasteiger partial charge in [-0.05, 0) is 64.5 Å². The summed E-state index contributed by atoms with van der Waals surface area (Å²) in [6.07, 6.45) is 2.71. The third-order valence-corrected chi connectivity index (χ3v) is 6.76. The molecule has 0 unspecified atom stereocenters. The molecule has 4 rings (SSSR count). The lowest BCUT2D eigenvalue weighted by molar-refractivity contribution is -0.118. The molecular weight excluding hydrogens is 513 g/mol. The number of carbonyl (C=O) groups excluding carboxylic acids is 2. The van der Waals surface area contributed by atoms with E-state index in [2.05, 4.69) is 45.4 Å². The Hall–Kier alpha value is -2.15. The largest absolute Gasteiger partial charge is 0.362 e. The van der Waals surface area contributed by atoms with Crippen molar-refractivity contribution in [2.45, 2.75) is 39.5 Å². The first-order chi connectivity index (χ1) is 15.1.